The highest BCUT2D eigenvalue weighted by atomic mass is 14.5. The lowest BCUT2D eigenvalue weighted by molar-refractivity contribution is 0.144. The molecule has 0 aromatic carbocycles. The molecule has 0 unspecified atom stereocenters. The van der Waals surface area contributed by atoms with Crippen LogP contribution >= 0.6 is 0 Å². The molecule has 2 saturated carbocycles. The van der Waals surface area contributed by atoms with Crippen LogP contribution in [-0.2, 0) is 0 Å². The summed E-state index contributed by atoms with van der Waals surface area (Å²) in [5.41, 5.74) is 0. The van der Waals surface area contributed by atoms with E-state index in [2.05, 4.69) is 12.2 Å². The van der Waals surface area contributed by atoms with Crippen LogP contribution in [0.25, 0.3) is 0 Å². The van der Waals surface area contributed by atoms with Crippen LogP contribution < -0.4 is 0 Å². The fourth-order valence-electron chi connectivity index (χ4n) is 3.00. The zero-order valence-electron chi connectivity index (χ0n) is 5.59. The molecular formula is C9H12. The van der Waals surface area contributed by atoms with Gasteiger partial charge in [0.25, 0.3) is 0 Å². The lowest BCUT2D eigenvalue weighted by atomic mass is 9.66. The number of allylic oxidation sites excluding steroid dienone is 2. The maximum absolute atomic E-state index is 2.47. The molecule has 3 rings (SSSR count). The smallest absolute Gasteiger partial charge is 0.0199 e. The Morgan fingerprint density at radius 2 is 2.00 bits per heavy atom. The minimum absolute atomic E-state index is 0.999. The molecule has 0 amide bonds. The van der Waals surface area contributed by atoms with Crippen molar-refractivity contribution in [3.05, 3.63) is 12.2 Å². The third kappa shape index (κ3) is 0.417. The average Bonchev–Trinajstić information content (AvgIpc) is 2.04. The zero-order valence-corrected chi connectivity index (χ0v) is 5.59. The Kier molecular flexibility index (Phi) is 0.633. The summed E-state index contributed by atoms with van der Waals surface area (Å²) < 4.78 is 0. The largest absolute Gasteiger partial charge is 0.0851 e. The Morgan fingerprint density at radius 3 is 2.89 bits per heavy atom. The minimum Gasteiger partial charge on any atom is -0.0851 e. The van der Waals surface area contributed by atoms with Crippen LogP contribution in [0.2, 0.25) is 0 Å². The lowest BCUT2D eigenvalue weighted by Gasteiger charge is -2.39. The predicted octanol–water partition coefficient (Wildman–Crippen LogP) is 2.22. The Bertz CT molecular complexity index is 163. The monoisotopic (exact) mass is 120 g/mol. The summed E-state index contributed by atoms with van der Waals surface area (Å²) in [6.45, 7) is 0. The van der Waals surface area contributed by atoms with Gasteiger partial charge in [0.1, 0.15) is 0 Å². The van der Waals surface area contributed by atoms with Gasteiger partial charge in [-0.05, 0) is 42.9 Å². The van der Waals surface area contributed by atoms with Crippen LogP contribution in [0.5, 0.6) is 0 Å². The molecule has 0 nitrogen and oxygen atoms in total. The zero-order chi connectivity index (χ0) is 5.84. The van der Waals surface area contributed by atoms with Crippen molar-refractivity contribution in [1.29, 1.82) is 0 Å². The molecule has 3 aliphatic rings. The van der Waals surface area contributed by atoms with Crippen molar-refractivity contribution in [3.8, 4) is 0 Å². The molecule has 48 valence electrons. The van der Waals surface area contributed by atoms with E-state index in [0.29, 0.717) is 0 Å². The van der Waals surface area contributed by atoms with Gasteiger partial charge in [-0.2, -0.15) is 0 Å². The van der Waals surface area contributed by atoms with E-state index in [1.165, 1.54) is 19.3 Å². The normalized spacial score (nSPS) is 59.6. The third-order valence-electron chi connectivity index (χ3n) is 3.54. The molecule has 0 heteroatoms. The molecular weight excluding hydrogens is 108 g/mol. The van der Waals surface area contributed by atoms with Crippen LogP contribution in [0.15, 0.2) is 12.2 Å². The lowest BCUT2D eigenvalue weighted by Crippen LogP contribution is -2.31. The van der Waals surface area contributed by atoms with Crippen molar-refractivity contribution >= 4 is 0 Å². The van der Waals surface area contributed by atoms with Gasteiger partial charge in [-0.25, -0.2) is 0 Å². The predicted molar refractivity (Wildman–Crippen MR) is 37.0 cm³/mol. The van der Waals surface area contributed by atoms with E-state index in [9.17, 15) is 0 Å². The molecule has 0 saturated heterocycles. The molecule has 9 heavy (non-hydrogen) atoms. The second-order valence-electron chi connectivity index (χ2n) is 3.94. The van der Waals surface area contributed by atoms with E-state index >= 15 is 0 Å². The van der Waals surface area contributed by atoms with E-state index in [1.54, 1.807) is 0 Å². The Labute approximate surface area is 56.0 Å². The first-order chi connectivity index (χ1) is 4.43. The first-order valence-electron chi connectivity index (χ1n) is 4.12. The van der Waals surface area contributed by atoms with E-state index in [4.69, 9.17) is 0 Å². The molecule has 0 N–H and O–H groups in total. The molecule has 0 spiro atoms. The summed E-state index contributed by atoms with van der Waals surface area (Å²) in [7, 11) is 0. The molecule has 0 radical (unpaired) electrons. The van der Waals surface area contributed by atoms with E-state index in [-0.39, 0.29) is 0 Å². The van der Waals surface area contributed by atoms with Crippen molar-refractivity contribution in [2.24, 2.45) is 23.7 Å². The molecule has 4 atom stereocenters. The summed E-state index contributed by atoms with van der Waals surface area (Å²) in [5, 5.41) is 0. The van der Waals surface area contributed by atoms with E-state index in [1.807, 2.05) is 0 Å². The fourth-order valence-corrected chi connectivity index (χ4v) is 3.00. The van der Waals surface area contributed by atoms with Gasteiger partial charge >= 0.3 is 0 Å². The molecule has 0 aromatic heterocycles. The van der Waals surface area contributed by atoms with Crippen molar-refractivity contribution < 1.29 is 0 Å². The molecule has 2 bridgehead atoms. The van der Waals surface area contributed by atoms with Crippen molar-refractivity contribution in [1.82, 2.24) is 0 Å². The second kappa shape index (κ2) is 1.25. The quantitative estimate of drug-likeness (QED) is 0.430. The highest BCUT2D eigenvalue weighted by Crippen LogP contribution is 2.57. The first-order valence-corrected chi connectivity index (χ1v) is 4.12. The van der Waals surface area contributed by atoms with Gasteiger partial charge < -0.3 is 0 Å². The van der Waals surface area contributed by atoms with Crippen LogP contribution in [0.3, 0.4) is 0 Å². The Balaban J connectivity index is 2.06. The highest BCUT2D eigenvalue weighted by Gasteiger charge is 2.47. The van der Waals surface area contributed by atoms with Crippen LogP contribution in [0, 0.1) is 23.7 Å². The molecule has 2 fully saturated rings. The SMILES string of the molecule is C1=C[C@@H]2C[C@@H]3C[C@H]1C[C@@H]32. The number of hydrogen-bond acceptors (Lipinski definition) is 0. The van der Waals surface area contributed by atoms with Gasteiger partial charge in [0, 0.05) is 0 Å². The van der Waals surface area contributed by atoms with Crippen molar-refractivity contribution in [3.63, 3.8) is 0 Å². The molecule has 0 aromatic rings. The summed E-state index contributed by atoms with van der Waals surface area (Å²) in [6.07, 6.45) is 9.53. The summed E-state index contributed by atoms with van der Waals surface area (Å²) in [4.78, 5) is 0. The second-order valence-corrected chi connectivity index (χ2v) is 3.94. The molecule has 3 aliphatic carbocycles. The maximum atomic E-state index is 2.47. The van der Waals surface area contributed by atoms with E-state index < -0.39 is 0 Å². The van der Waals surface area contributed by atoms with Gasteiger partial charge in [0.15, 0.2) is 0 Å². The maximum Gasteiger partial charge on any atom is -0.0199 e. The first kappa shape index (κ1) is 4.54. The van der Waals surface area contributed by atoms with Gasteiger partial charge in [-0.1, -0.05) is 12.2 Å². The van der Waals surface area contributed by atoms with Crippen LogP contribution in [0.1, 0.15) is 19.3 Å². The molecule has 0 heterocycles. The third-order valence-corrected chi connectivity index (χ3v) is 3.54. The number of fused-ring (bicyclic) bond motifs is 1. The average molecular weight is 120 g/mol. The topological polar surface area (TPSA) is 0 Å². The van der Waals surface area contributed by atoms with Crippen LogP contribution in [-0.4, -0.2) is 0 Å². The summed E-state index contributed by atoms with van der Waals surface area (Å²) >= 11 is 0. The number of hydrogen-bond donors (Lipinski definition) is 0. The number of rotatable bonds is 0. The van der Waals surface area contributed by atoms with Gasteiger partial charge in [0.2, 0.25) is 0 Å². The summed E-state index contributed by atoms with van der Waals surface area (Å²) in [6, 6.07) is 0. The minimum atomic E-state index is 0.999. The van der Waals surface area contributed by atoms with Crippen LogP contribution in [0.4, 0.5) is 0 Å². The standard InChI is InChI=1S/C9H12/c1-2-7-5-8-3-6(1)4-9(7)8/h1-2,6-9H,3-5H2/t6-,7+,8-,9+/m0/s1. The van der Waals surface area contributed by atoms with Gasteiger partial charge in [-0.3, -0.25) is 0 Å². The Hall–Kier alpha value is -0.260. The fraction of sp³-hybridized carbons (Fsp3) is 0.778. The summed E-state index contributed by atoms with van der Waals surface area (Å²) in [5.74, 6) is 4.31. The molecule has 0 aliphatic heterocycles. The van der Waals surface area contributed by atoms with Crippen molar-refractivity contribution in [2.45, 2.75) is 19.3 Å². The van der Waals surface area contributed by atoms with Gasteiger partial charge in [0.05, 0.1) is 0 Å². The van der Waals surface area contributed by atoms with E-state index in [0.717, 1.165) is 23.7 Å². The van der Waals surface area contributed by atoms with Gasteiger partial charge in [-0.15, -0.1) is 0 Å². The Morgan fingerprint density at radius 1 is 1.00 bits per heavy atom. The highest BCUT2D eigenvalue weighted by molar-refractivity contribution is 5.14. The van der Waals surface area contributed by atoms with Crippen molar-refractivity contribution in [2.75, 3.05) is 0 Å².